The number of nitriles is 1. The maximum absolute atomic E-state index is 11.3. The first-order valence-corrected chi connectivity index (χ1v) is 4.39. The lowest BCUT2D eigenvalue weighted by atomic mass is 10.2. The van der Waals surface area contributed by atoms with Crippen LogP contribution in [0, 0.1) is 17.2 Å². The van der Waals surface area contributed by atoms with Gasteiger partial charge in [0.1, 0.15) is 5.92 Å². The van der Waals surface area contributed by atoms with Crippen molar-refractivity contribution in [3.05, 3.63) is 12.7 Å². The smallest absolute Gasteiger partial charge is 0.239 e. The predicted molar refractivity (Wildman–Crippen MR) is 51.8 cm³/mol. The largest absolute Gasteiger partial charge is 0.345 e. The van der Waals surface area contributed by atoms with Gasteiger partial charge in [-0.25, -0.2) is 0 Å². The maximum atomic E-state index is 11.3. The van der Waals surface area contributed by atoms with E-state index in [0.717, 1.165) is 12.8 Å². The summed E-state index contributed by atoms with van der Waals surface area (Å²) >= 11 is 0. The van der Waals surface area contributed by atoms with Gasteiger partial charge in [0.2, 0.25) is 5.91 Å². The minimum atomic E-state index is -0.534. The van der Waals surface area contributed by atoms with Crippen molar-refractivity contribution in [3.8, 4) is 6.07 Å². The fraction of sp³-hybridized carbons (Fsp3) is 0.600. The van der Waals surface area contributed by atoms with Crippen molar-refractivity contribution in [3.63, 3.8) is 0 Å². The number of hydrogen-bond acceptors (Lipinski definition) is 2. The van der Waals surface area contributed by atoms with Gasteiger partial charge in [-0.3, -0.25) is 4.79 Å². The number of hydrogen-bond donors (Lipinski definition) is 0. The highest BCUT2D eigenvalue weighted by Gasteiger charge is 2.15. The Bertz CT molecular complexity index is 217. The zero-order valence-electron chi connectivity index (χ0n) is 8.29. The average molecular weight is 180 g/mol. The fourth-order valence-electron chi connectivity index (χ4n) is 0.969. The van der Waals surface area contributed by atoms with Gasteiger partial charge in [-0.2, -0.15) is 5.26 Å². The summed E-state index contributed by atoms with van der Waals surface area (Å²) in [5, 5.41) is 8.51. The molecule has 0 saturated carbocycles. The molecule has 0 rings (SSSR count). The van der Waals surface area contributed by atoms with Gasteiger partial charge in [0.05, 0.1) is 6.07 Å². The second-order valence-electron chi connectivity index (χ2n) is 3.04. The zero-order chi connectivity index (χ0) is 10.3. The van der Waals surface area contributed by atoms with E-state index in [2.05, 4.69) is 6.58 Å². The molecule has 13 heavy (non-hydrogen) atoms. The molecule has 0 aromatic heterocycles. The second-order valence-corrected chi connectivity index (χ2v) is 3.04. The van der Waals surface area contributed by atoms with E-state index in [4.69, 9.17) is 5.26 Å². The van der Waals surface area contributed by atoms with Crippen LogP contribution in [0.1, 0.15) is 19.8 Å². The van der Waals surface area contributed by atoms with Crippen molar-refractivity contribution in [2.75, 3.05) is 13.6 Å². The molecule has 0 fully saturated rings. The van der Waals surface area contributed by atoms with E-state index in [-0.39, 0.29) is 5.91 Å². The Balaban J connectivity index is 3.83. The Labute approximate surface area is 79.6 Å². The van der Waals surface area contributed by atoms with Gasteiger partial charge in [-0.1, -0.05) is 6.08 Å². The van der Waals surface area contributed by atoms with Crippen LogP contribution in [-0.4, -0.2) is 24.4 Å². The Kier molecular flexibility index (Phi) is 5.62. The van der Waals surface area contributed by atoms with Gasteiger partial charge in [-0.15, -0.1) is 6.58 Å². The minimum Gasteiger partial charge on any atom is -0.345 e. The summed E-state index contributed by atoms with van der Waals surface area (Å²) in [5.41, 5.74) is 0. The molecule has 0 aliphatic heterocycles. The summed E-state index contributed by atoms with van der Waals surface area (Å²) in [6.07, 6.45) is 3.63. The van der Waals surface area contributed by atoms with Crippen LogP contribution in [0.15, 0.2) is 12.7 Å². The molecular weight excluding hydrogens is 164 g/mol. The highest BCUT2D eigenvalue weighted by Crippen LogP contribution is 2.01. The van der Waals surface area contributed by atoms with Crippen molar-refractivity contribution in [2.45, 2.75) is 19.8 Å². The van der Waals surface area contributed by atoms with Crippen molar-refractivity contribution >= 4 is 5.91 Å². The molecule has 0 aliphatic carbocycles. The molecule has 0 bridgehead atoms. The van der Waals surface area contributed by atoms with E-state index < -0.39 is 5.92 Å². The van der Waals surface area contributed by atoms with Gasteiger partial charge < -0.3 is 4.90 Å². The summed E-state index contributed by atoms with van der Waals surface area (Å²) in [7, 11) is 1.72. The molecule has 1 unspecified atom stereocenters. The third kappa shape index (κ3) is 4.32. The number of allylic oxidation sites excluding steroid dienone is 1. The van der Waals surface area contributed by atoms with E-state index in [9.17, 15) is 4.79 Å². The minimum absolute atomic E-state index is 0.105. The van der Waals surface area contributed by atoms with Crippen molar-refractivity contribution in [1.82, 2.24) is 4.90 Å². The molecule has 0 saturated heterocycles. The summed E-state index contributed by atoms with van der Waals surface area (Å²) in [5.74, 6) is -0.639. The molecule has 0 N–H and O–H groups in total. The lowest BCUT2D eigenvalue weighted by molar-refractivity contribution is -0.132. The van der Waals surface area contributed by atoms with E-state index in [1.807, 2.05) is 12.1 Å². The van der Waals surface area contributed by atoms with E-state index in [1.165, 1.54) is 0 Å². The van der Waals surface area contributed by atoms with Crippen LogP contribution in [0.25, 0.3) is 0 Å². The van der Waals surface area contributed by atoms with Gasteiger partial charge in [0.25, 0.3) is 0 Å². The molecule has 1 amide bonds. The molecule has 0 aliphatic rings. The molecular formula is C10H16N2O. The Hall–Kier alpha value is -1.30. The first-order chi connectivity index (χ1) is 6.13. The standard InChI is InChI=1S/C10H16N2O/c1-4-5-6-7-12(3)10(13)9(2)8-11/h4,9H,1,5-7H2,2-3H3. The summed E-state index contributed by atoms with van der Waals surface area (Å²) in [6, 6.07) is 1.92. The van der Waals surface area contributed by atoms with Gasteiger partial charge in [0.15, 0.2) is 0 Å². The summed E-state index contributed by atoms with van der Waals surface area (Å²) in [4.78, 5) is 12.9. The molecule has 0 aromatic rings. The molecule has 3 nitrogen and oxygen atoms in total. The lowest BCUT2D eigenvalue weighted by Crippen LogP contribution is -2.31. The Morgan fingerprint density at radius 1 is 1.77 bits per heavy atom. The molecule has 0 heterocycles. The topological polar surface area (TPSA) is 44.1 Å². The number of amides is 1. The van der Waals surface area contributed by atoms with Crippen LogP contribution in [-0.2, 0) is 4.79 Å². The first-order valence-electron chi connectivity index (χ1n) is 4.39. The molecule has 0 spiro atoms. The number of rotatable bonds is 5. The Morgan fingerprint density at radius 3 is 2.85 bits per heavy atom. The monoisotopic (exact) mass is 180 g/mol. The molecule has 1 atom stereocenters. The van der Waals surface area contributed by atoms with Crippen LogP contribution in [0.2, 0.25) is 0 Å². The van der Waals surface area contributed by atoms with Gasteiger partial charge in [0, 0.05) is 13.6 Å². The average Bonchev–Trinajstić information content (AvgIpc) is 2.15. The van der Waals surface area contributed by atoms with Crippen molar-refractivity contribution in [2.24, 2.45) is 5.92 Å². The van der Waals surface area contributed by atoms with Gasteiger partial charge >= 0.3 is 0 Å². The second kappa shape index (κ2) is 6.24. The van der Waals surface area contributed by atoms with Crippen LogP contribution in [0.4, 0.5) is 0 Å². The first kappa shape index (κ1) is 11.7. The van der Waals surface area contributed by atoms with Crippen LogP contribution < -0.4 is 0 Å². The lowest BCUT2D eigenvalue weighted by Gasteiger charge is -2.17. The van der Waals surface area contributed by atoms with E-state index in [0.29, 0.717) is 6.54 Å². The van der Waals surface area contributed by atoms with Crippen LogP contribution in [0.5, 0.6) is 0 Å². The van der Waals surface area contributed by atoms with Crippen molar-refractivity contribution < 1.29 is 4.79 Å². The highest BCUT2D eigenvalue weighted by molar-refractivity contribution is 5.80. The maximum Gasteiger partial charge on any atom is 0.239 e. The zero-order valence-corrected chi connectivity index (χ0v) is 8.29. The normalized spacial score (nSPS) is 11.5. The summed E-state index contributed by atoms with van der Waals surface area (Å²) in [6.45, 7) is 5.91. The van der Waals surface area contributed by atoms with Crippen molar-refractivity contribution in [1.29, 1.82) is 5.26 Å². The van der Waals surface area contributed by atoms with Crippen LogP contribution in [0.3, 0.4) is 0 Å². The SMILES string of the molecule is C=CCCCN(C)C(=O)C(C)C#N. The number of unbranched alkanes of at least 4 members (excludes halogenated alkanes) is 1. The quantitative estimate of drug-likeness (QED) is 0.476. The number of carbonyl (C=O) groups excluding carboxylic acids is 1. The number of carbonyl (C=O) groups is 1. The highest BCUT2D eigenvalue weighted by atomic mass is 16.2. The molecule has 72 valence electrons. The fourth-order valence-corrected chi connectivity index (χ4v) is 0.969. The third-order valence-corrected chi connectivity index (χ3v) is 1.84. The molecule has 3 heteroatoms. The van der Waals surface area contributed by atoms with E-state index in [1.54, 1.807) is 18.9 Å². The molecule has 0 radical (unpaired) electrons. The van der Waals surface area contributed by atoms with Gasteiger partial charge in [-0.05, 0) is 19.8 Å². The Morgan fingerprint density at radius 2 is 2.38 bits per heavy atom. The van der Waals surface area contributed by atoms with Crippen LogP contribution >= 0.6 is 0 Å². The predicted octanol–water partition coefficient (Wildman–Crippen LogP) is 1.57. The summed E-state index contributed by atoms with van der Waals surface area (Å²) < 4.78 is 0. The molecule has 0 aromatic carbocycles. The van der Waals surface area contributed by atoms with E-state index >= 15 is 0 Å². The number of nitrogens with zero attached hydrogens (tertiary/aromatic N) is 2. The third-order valence-electron chi connectivity index (χ3n) is 1.84.